The van der Waals surface area contributed by atoms with E-state index in [1.54, 1.807) is 36.4 Å². The van der Waals surface area contributed by atoms with E-state index >= 15 is 0 Å². The molecule has 0 spiro atoms. The van der Waals surface area contributed by atoms with Crippen LogP contribution in [0.25, 0.3) is 5.69 Å². The summed E-state index contributed by atoms with van der Waals surface area (Å²) in [4.78, 5) is 24.4. The molecule has 8 nitrogen and oxygen atoms in total. The lowest BCUT2D eigenvalue weighted by Crippen LogP contribution is -2.22. The van der Waals surface area contributed by atoms with E-state index in [0.717, 1.165) is 17.1 Å². The third kappa shape index (κ3) is 3.80. The van der Waals surface area contributed by atoms with Gasteiger partial charge < -0.3 is 10.1 Å². The van der Waals surface area contributed by atoms with Crippen molar-refractivity contribution in [2.75, 3.05) is 12.4 Å². The van der Waals surface area contributed by atoms with E-state index in [0.29, 0.717) is 22.8 Å². The minimum absolute atomic E-state index is 0.00674. The molecule has 2 heterocycles. The molecule has 0 atom stereocenters. The molecule has 3 aromatic rings. The van der Waals surface area contributed by atoms with Crippen molar-refractivity contribution in [2.45, 2.75) is 34.2 Å². The first kappa shape index (κ1) is 19.3. The summed E-state index contributed by atoms with van der Waals surface area (Å²) >= 11 is 0. The predicted molar refractivity (Wildman–Crippen MR) is 105 cm³/mol. The fourth-order valence-corrected chi connectivity index (χ4v) is 3.19. The maximum atomic E-state index is 12.6. The molecule has 8 heteroatoms. The van der Waals surface area contributed by atoms with Crippen LogP contribution in [0.1, 0.15) is 34.4 Å². The number of aromatic nitrogens is 4. The number of benzene rings is 1. The van der Waals surface area contributed by atoms with Crippen molar-refractivity contribution in [3.63, 3.8) is 0 Å². The molecule has 28 heavy (non-hydrogen) atoms. The van der Waals surface area contributed by atoms with Gasteiger partial charge in [0, 0.05) is 11.8 Å². The van der Waals surface area contributed by atoms with Crippen LogP contribution in [-0.4, -0.2) is 38.4 Å². The Kier molecular flexibility index (Phi) is 5.30. The Bertz CT molecular complexity index is 1030. The average molecular weight is 381 g/mol. The fourth-order valence-electron chi connectivity index (χ4n) is 3.19. The second kappa shape index (κ2) is 7.67. The highest BCUT2D eigenvalue weighted by atomic mass is 16.5. The van der Waals surface area contributed by atoms with Gasteiger partial charge in [-0.05, 0) is 52.0 Å². The molecule has 1 aromatic carbocycles. The van der Waals surface area contributed by atoms with Crippen molar-refractivity contribution in [1.29, 1.82) is 0 Å². The van der Waals surface area contributed by atoms with Crippen LogP contribution in [-0.2, 0) is 11.3 Å². The van der Waals surface area contributed by atoms with Gasteiger partial charge in [0.1, 0.15) is 18.1 Å². The van der Waals surface area contributed by atoms with Gasteiger partial charge >= 0.3 is 0 Å². The molecule has 0 saturated heterocycles. The fraction of sp³-hybridized carbons (Fsp3) is 0.300. The third-order valence-electron chi connectivity index (χ3n) is 4.44. The van der Waals surface area contributed by atoms with Gasteiger partial charge in [-0.1, -0.05) is 0 Å². The number of carbonyl (C=O) groups excluding carboxylic acids is 2. The second-order valence-corrected chi connectivity index (χ2v) is 6.59. The van der Waals surface area contributed by atoms with Crippen LogP contribution in [0.3, 0.4) is 0 Å². The zero-order chi connectivity index (χ0) is 20.4. The Morgan fingerprint density at radius 2 is 1.79 bits per heavy atom. The summed E-state index contributed by atoms with van der Waals surface area (Å²) in [5.41, 5.74) is 3.44. The first-order chi connectivity index (χ1) is 13.3. The first-order valence-electron chi connectivity index (χ1n) is 8.86. The Balaban J connectivity index is 1.81. The van der Waals surface area contributed by atoms with Gasteiger partial charge in [-0.15, -0.1) is 0 Å². The largest absolute Gasteiger partial charge is 0.497 e. The Morgan fingerprint density at radius 3 is 2.36 bits per heavy atom. The Hall–Kier alpha value is -3.42. The SMILES string of the molecule is COc1ccc(-n2nc(C)cc2NC(=O)Cn2nc(C)c(C(C)=O)c2C)cc1. The maximum Gasteiger partial charge on any atom is 0.247 e. The number of Topliss-reactive ketones (excluding diaryl/α,β-unsaturated/α-hetero) is 1. The summed E-state index contributed by atoms with van der Waals surface area (Å²) in [7, 11) is 1.61. The monoisotopic (exact) mass is 381 g/mol. The highest BCUT2D eigenvalue weighted by molar-refractivity contribution is 5.96. The normalized spacial score (nSPS) is 10.8. The summed E-state index contributed by atoms with van der Waals surface area (Å²) in [6.07, 6.45) is 0. The van der Waals surface area contributed by atoms with Gasteiger partial charge in [0.05, 0.1) is 29.7 Å². The van der Waals surface area contributed by atoms with Crippen molar-refractivity contribution in [3.8, 4) is 11.4 Å². The number of hydrogen-bond donors (Lipinski definition) is 1. The average Bonchev–Trinajstić information content (AvgIpc) is 3.13. The number of methoxy groups -OCH3 is 1. The molecule has 0 aliphatic rings. The van der Waals surface area contributed by atoms with Crippen molar-refractivity contribution < 1.29 is 14.3 Å². The Morgan fingerprint density at radius 1 is 1.11 bits per heavy atom. The molecule has 3 rings (SSSR count). The maximum absolute atomic E-state index is 12.6. The smallest absolute Gasteiger partial charge is 0.247 e. The number of ether oxygens (including phenoxy) is 1. The minimum atomic E-state index is -0.254. The van der Waals surface area contributed by atoms with E-state index in [2.05, 4.69) is 15.5 Å². The molecule has 1 N–H and O–H groups in total. The van der Waals surface area contributed by atoms with Gasteiger partial charge in [-0.3, -0.25) is 14.3 Å². The topological polar surface area (TPSA) is 91.0 Å². The zero-order valence-corrected chi connectivity index (χ0v) is 16.6. The van der Waals surface area contributed by atoms with Crippen LogP contribution in [0.2, 0.25) is 0 Å². The molecule has 0 aliphatic carbocycles. The van der Waals surface area contributed by atoms with Gasteiger partial charge in [-0.2, -0.15) is 10.2 Å². The number of nitrogens with one attached hydrogen (secondary N) is 1. The summed E-state index contributed by atoms with van der Waals surface area (Å²) in [5, 5.41) is 11.6. The number of amides is 1. The number of rotatable bonds is 6. The number of ketones is 1. The zero-order valence-electron chi connectivity index (χ0n) is 16.6. The van der Waals surface area contributed by atoms with Crippen LogP contribution < -0.4 is 10.1 Å². The van der Waals surface area contributed by atoms with Gasteiger partial charge in [-0.25, -0.2) is 4.68 Å². The number of nitrogens with zero attached hydrogens (tertiary/aromatic N) is 4. The lowest BCUT2D eigenvalue weighted by Gasteiger charge is -2.10. The van der Waals surface area contributed by atoms with E-state index in [1.807, 2.05) is 31.2 Å². The lowest BCUT2D eigenvalue weighted by atomic mass is 10.1. The van der Waals surface area contributed by atoms with E-state index in [1.165, 1.54) is 6.92 Å². The summed E-state index contributed by atoms with van der Waals surface area (Å²) in [6.45, 7) is 6.91. The van der Waals surface area contributed by atoms with Crippen molar-refractivity contribution in [1.82, 2.24) is 19.6 Å². The second-order valence-electron chi connectivity index (χ2n) is 6.59. The molecule has 1 amide bonds. The van der Waals surface area contributed by atoms with Gasteiger partial charge in [0.15, 0.2) is 5.78 Å². The van der Waals surface area contributed by atoms with E-state index < -0.39 is 0 Å². The molecule has 0 bridgehead atoms. The van der Waals surface area contributed by atoms with Crippen LogP contribution in [0.15, 0.2) is 30.3 Å². The minimum Gasteiger partial charge on any atom is -0.497 e. The quantitative estimate of drug-likeness (QED) is 0.663. The number of anilines is 1. The number of hydrogen-bond acceptors (Lipinski definition) is 5. The molecule has 2 aromatic heterocycles. The lowest BCUT2D eigenvalue weighted by molar-refractivity contribution is -0.117. The molecular formula is C20H23N5O3. The van der Waals surface area contributed by atoms with Crippen LogP contribution in [0.5, 0.6) is 5.75 Å². The Labute approximate surface area is 163 Å². The van der Waals surface area contributed by atoms with Gasteiger partial charge in [0.2, 0.25) is 5.91 Å². The van der Waals surface area contributed by atoms with Crippen LogP contribution in [0, 0.1) is 20.8 Å². The molecule has 146 valence electrons. The van der Waals surface area contributed by atoms with Crippen molar-refractivity contribution >= 4 is 17.5 Å². The number of aryl methyl sites for hydroxylation is 2. The molecule has 0 radical (unpaired) electrons. The predicted octanol–water partition coefficient (Wildman–Crippen LogP) is 2.84. The molecule has 0 aliphatic heterocycles. The third-order valence-corrected chi connectivity index (χ3v) is 4.44. The highest BCUT2D eigenvalue weighted by Crippen LogP contribution is 2.20. The van der Waals surface area contributed by atoms with Crippen molar-refractivity contribution in [3.05, 3.63) is 53.0 Å². The highest BCUT2D eigenvalue weighted by Gasteiger charge is 2.18. The number of carbonyl (C=O) groups is 2. The van der Waals surface area contributed by atoms with E-state index in [9.17, 15) is 9.59 Å². The van der Waals surface area contributed by atoms with Gasteiger partial charge in [0.25, 0.3) is 0 Å². The molecule has 0 unspecified atom stereocenters. The molecular weight excluding hydrogens is 358 g/mol. The van der Waals surface area contributed by atoms with E-state index in [4.69, 9.17) is 4.74 Å². The van der Waals surface area contributed by atoms with Crippen LogP contribution >= 0.6 is 0 Å². The van der Waals surface area contributed by atoms with Crippen molar-refractivity contribution in [2.24, 2.45) is 0 Å². The summed E-state index contributed by atoms with van der Waals surface area (Å²) in [6, 6.07) is 9.18. The first-order valence-corrected chi connectivity index (χ1v) is 8.86. The summed E-state index contributed by atoms with van der Waals surface area (Å²) in [5.74, 6) is 0.982. The standard InChI is InChI=1S/C20H23N5O3/c1-12-10-18(25(22-12)16-6-8-17(28-5)9-7-16)21-19(27)11-24-14(3)20(15(4)26)13(2)23-24/h6-10H,11H2,1-5H3,(H,21,27). The summed E-state index contributed by atoms with van der Waals surface area (Å²) < 4.78 is 8.38. The van der Waals surface area contributed by atoms with E-state index in [-0.39, 0.29) is 18.2 Å². The van der Waals surface area contributed by atoms with Crippen LogP contribution in [0.4, 0.5) is 5.82 Å². The molecule has 0 saturated carbocycles. The molecule has 0 fully saturated rings.